The van der Waals surface area contributed by atoms with Crippen molar-refractivity contribution in [3.05, 3.63) is 33.8 Å². The Morgan fingerprint density at radius 1 is 1.47 bits per heavy atom. The van der Waals surface area contributed by atoms with Gasteiger partial charge in [0.15, 0.2) is 0 Å². The molecule has 0 spiro atoms. The van der Waals surface area contributed by atoms with Crippen molar-refractivity contribution >= 4 is 23.2 Å². The first kappa shape index (κ1) is 15.1. The number of benzene rings is 1. The summed E-state index contributed by atoms with van der Waals surface area (Å²) >= 11 is 12.3. The summed E-state index contributed by atoms with van der Waals surface area (Å²) < 4.78 is 5.58. The van der Waals surface area contributed by atoms with Crippen molar-refractivity contribution in [3.63, 3.8) is 0 Å². The highest BCUT2D eigenvalue weighted by atomic mass is 35.5. The van der Waals surface area contributed by atoms with Gasteiger partial charge in [0.25, 0.3) is 0 Å². The van der Waals surface area contributed by atoms with Crippen LogP contribution in [0.25, 0.3) is 0 Å². The van der Waals surface area contributed by atoms with Crippen molar-refractivity contribution in [2.45, 2.75) is 31.4 Å². The standard InChI is InChI=1S/C14H19Cl2NO2/c1-14(9-18,17-8-10-4-3-7-19-10)11-5-2-6-12(15)13(11)16/h2,5-6,10,17-18H,3-4,7-9H2,1H3. The molecule has 0 bridgehead atoms. The van der Waals surface area contributed by atoms with Gasteiger partial charge in [-0.3, -0.25) is 0 Å². The lowest BCUT2D eigenvalue weighted by Crippen LogP contribution is -2.46. The van der Waals surface area contributed by atoms with Crippen LogP contribution in [0.4, 0.5) is 0 Å². The Morgan fingerprint density at radius 3 is 2.89 bits per heavy atom. The van der Waals surface area contributed by atoms with E-state index in [0.29, 0.717) is 16.6 Å². The van der Waals surface area contributed by atoms with Gasteiger partial charge in [0.05, 0.1) is 28.3 Å². The predicted octanol–water partition coefficient (Wildman–Crippen LogP) is 2.97. The van der Waals surface area contributed by atoms with Crippen LogP contribution in [-0.4, -0.2) is 31.0 Å². The number of hydrogen-bond acceptors (Lipinski definition) is 3. The predicted molar refractivity (Wildman–Crippen MR) is 77.9 cm³/mol. The van der Waals surface area contributed by atoms with E-state index >= 15 is 0 Å². The summed E-state index contributed by atoms with van der Waals surface area (Å²) in [6, 6.07) is 5.46. The Hall–Kier alpha value is -0.320. The fourth-order valence-corrected chi connectivity index (χ4v) is 2.82. The first-order valence-electron chi connectivity index (χ1n) is 6.49. The molecule has 1 aromatic carbocycles. The van der Waals surface area contributed by atoms with Crippen molar-refractivity contribution in [2.24, 2.45) is 0 Å². The number of hydrogen-bond donors (Lipinski definition) is 2. The lowest BCUT2D eigenvalue weighted by atomic mass is 9.92. The number of aliphatic hydroxyl groups is 1. The quantitative estimate of drug-likeness (QED) is 0.879. The normalized spacial score (nSPS) is 22.4. The fourth-order valence-electron chi connectivity index (χ4n) is 2.31. The van der Waals surface area contributed by atoms with Gasteiger partial charge in [0.2, 0.25) is 0 Å². The fraction of sp³-hybridized carbons (Fsp3) is 0.571. The molecule has 1 aliphatic heterocycles. The molecule has 5 heteroatoms. The molecule has 1 saturated heterocycles. The van der Waals surface area contributed by atoms with E-state index in [1.54, 1.807) is 6.07 Å². The minimum atomic E-state index is -0.617. The molecule has 0 aliphatic carbocycles. The number of aliphatic hydroxyl groups excluding tert-OH is 1. The number of rotatable bonds is 5. The largest absolute Gasteiger partial charge is 0.394 e. The molecule has 1 aromatic rings. The van der Waals surface area contributed by atoms with Crippen LogP contribution in [0.5, 0.6) is 0 Å². The van der Waals surface area contributed by atoms with Gasteiger partial charge in [0, 0.05) is 13.2 Å². The second-order valence-electron chi connectivity index (χ2n) is 5.11. The zero-order valence-corrected chi connectivity index (χ0v) is 12.5. The van der Waals surface area contributed by atoms with Gasteiger partial charge < -0.3 is 15.2 Å². The van der Waals surface area contributed by atoms with Crippen molar-refractivity contribution < 1.29 is 9.84 Å². The summed E-state index contributed by atoms with van der Waals surface area (Å²) in [6.07, 6.45) is 2.36. The van der Waals surface area contributed by atoms with Crippen LogP contribution in [0.1, 0.15) is 25.3 Å². The molecule has 0 amide bonds. The van der Waals surface area contributed by atoms with E-state index < -0.39 is 5.54 Å². The van der Waals surface area contributed by atoms with E-state index in [2.05, 4.69) is 5.32 Å². The Kier molecular flexibility index (Phi) is 5.09. The minimum Gasteiger partial charge on any atom is -0.394 e. The zero-order chi connectivity index (χ0) is 13.9. The smallest absolute Gasteiger partial charge is 0.0700 e. The summed E-state index contributed by atoms with van der Waals surface area (Å²) in [6.45, 7) is 3.37. The van der Waals surface area contributed by atoms with Gasteiger partial charge in [-0.2, -0.15) is 0 Å². The first-order chi connectivity index (χ1) is 9.07. The first-order valence-corrected chi connectivity index (χ1v) is 7.24. The lowest BCUT2D eigenvalue weighted by molar-refractivity contribution is 0.0910. The third-order valence-electron chi connectivity index (χ3n) is 3.61. The van der Waals surface area contributed by atoms with Gasteiger partial charge in [-0.1, -0.05) is 35.3 Å². The number of nitrogens with one attached hydrogen (secondary N) is 1. The molecule has 19 heavy (non-hydrogen) atoms. The van der Waals surface area contributed by atoms with Gasteiger partial charge >= 0.3 is 0 Å². The van der Waals surface area contributed by atoms with Crippen LogP contribution in [0.15, 0.2) is 18.2 Å². The van der Waals surface area contributed by atoms with E-state index in [-0.39, 0.29) is 12.7 Å². The SMILES string of the molecule is CC(CO)(NCC1CCCO1)c1cccc(Cl)c1Cl. The molecule has 2 N–H and O–H groups in total. The minimum absolute atomic E-state index is 0.0558. The molecule has 2 unspecified atom stereocenters. The molecule has 2 rings (SSSR count). The molecule has 106 valence electrons. The van der Waals surface area contributed by atoms with Crippen molar-refractivity contribution in [2.75, 3.05) is 19.8 Å². The van der Waals surface area contributed by atoms with Crippen molar-refractivity contribution in [1.82, 2.24) is 5.32 Å². The second kappa shape index (κ2) is 6.42. The average Bonchev–Trinajstić information content (AvgIpc) is 2.92. The van der Waals surface area contributed by atoms with E-state index in [0.717, 1.165) is 25.0 Å². The molecular weight excluding hydrogens is 285 g/mol. The maximum atomic E-state index is 9.72. The summed E-state index contributed by atoms with van der Waals surface area (Å²) in [7, 11) is 0. The second-order valence-corrected chi connectivity index (χ2v) is 5.89. The zero-order valence-electron chi connectivity index (χ0n) is 11.0. The van der Waals surface area contributed by atoms with E-state index in [1.165, 1.54) is 0 Å². The summed E-state index contributed by atoms with van der Waals surface area (Å²) in [4.78, 5) is 0. The topological polar surface area (TPSA) is 41.5 Å². The lowest BCUT2D eigenvalue weighted by Gasteiger charge is -2.31. The molecule has 1 aliphatic rings. The Bertz CT molecular complexity index is 435. The molecule has 1 fully saturated rings. The van der Waals surface area contributed by atoms with Crippen LogP contribution < -0.4 is 5.32 Å². The summed E-state index contributed by atoms with van der Waals surface area (Å²) in [5.74, 6) is 0. The molecule has 3 nitrogen and oxygen atoms in total. The Balaban J connectivity index is 2.13. The number of halogens is 2. The highest BCUT2D eigenvalue weighted by molar-refractivity contribution is 6.42. The van der Waals surface area contributed by atoms with Gasteiger partial charge in [-0.25, -0.2) is 0 Å². The molecule has 0 aromatic heterocycles. The molecule has 0 saturated carbocycles. The van der Waals surface area contributed by atoms with E-state index in [9.17, 15) is 5.11 Å². The maximum Gasteiger partial charge on any atom is 0.0700 e. The van der Waals surface area contributed by atoms with E-state index in [1.807, 2.05) is 19.1 Å². The highest BCUT2D eigenvalue weighted by Crippen LogP contribution is 2.33. The molecule has 1 heterocycles. The summed E-state index contributed by atoms with van der Waals surface area (Å²) in [5, 5.41) is 14.1. The number of ether oxygens (including phenoxy) is 1. The van der Waals surface area contributed by atoms with Crippen LogP contribution in [0.2, 0.25) is 10.0 Å². The van der Waals surface area contributed by atoms with Crippen molar-refractivity contribution in [1.29, 1.82) is 0 Å². The molecular formula is C14H19Cl2NO2. The van der Waals surface area contributed by atoms with Gasteiger partial charge in [-0.05, 0) is 31.4 Å². The van der Waals surface area contributed by atoms with Crippen LogP contribution >= 0.6 is 23.2 Å². The monoisotopic (exact) mass is 303 g/mol. The van der Waals surface area contributed by atoms with E-state index in [4.69, 9.17) is 27.9 Å². The van der Waals surface area contributed by atoms with Crippen molar-refractivity contribution in [3.8, 4) is 0 Å². The Labute approximate surface area is 123 Å². The van der Waals surface area contributed by atoms with Gasteiger partial charge in [0.1, 0.15) is 0 Å². The van der Waals surface area contributed by atoms with Crippen LogP contribution in [-0.2, 0) is 10.3 Å². The molecule has 2 atom stereocenters. The van der Waals surface area contributed by atoms with Crippen LogP contribution in [0.3, 0.4) is 0 Å². The highest BCUT2D eigenvalue weighted by Gasteiger charge is 2.30. The maximum absolute atomic E-state index is 9.72. The molecule has 0 radical (unpaired) electrons. The summed E-state index contributed by atoms with van der Waals surface area (Å²) in [5.41, 5.74) is 0.190. The Morgan fingerprint density at radius 2 is 2.26 bits per heavy atom. The third kappa shape index (κ3) is 3.41. The average molecular weight is 304 g/mol. The van der Waals surface area contributed by atoms with Gasteiger partial charge in [-0.15, -0.1) is 0 Å². The third-order valence-corrected chi connectivity index (χ3v) is 4.43. The van der Waals surface area contributed by atoms with Crippen LogP contribution in [0, 0.1) is 0 Å².